The van der Waals surface area contributed by atoms with Gasteiger partial charge in [-0.05, 0) is 42.4 Å². The average Bonchev–Trinajstić information content (AvgIpc) is 2.84. The van der Waals surface area contributed by atoms with Crippen LogP contribution in [-0.2, 0) is 6.54 Å². The Balaban J connectivity index is 2.47. The van der Waals surface area contributed by atoms with E-state index in [1.54, 1.807) is 0 Å². The Morgan fingerprint density at radius 3 is 2.76 bits per heavy atom. The lowest BCUT2D eigenvalue weighted by Gasteiger charge is -2.21. The van der Waals surface area contributed by atoms with Crippen LogP contribution in [-0.4, -0.2) is 23.4 Å². The van der Waals surface area contributed by atoms with E-state index in [0.717, 1.165) is 34.4 Å². The highest BCUT2D eigenvalue weighted by atomic mass is 79.9. The van der Waals surface area contributed by atoms with Crippen molar-refractivity contribution >= 4 is 15.9 Å². The van der Waals surface area contributed by atoms with E-state index in [1.807, 2.05) is 43.0 Å². The van der Waals surface area contributed by atoms with Crippen LogP contribution in [0.2, 0.25) is 0 Å². The summed E-state index contributed by atoms with van der Waals surface area (Å²) in [6.45, 7) is 5.71. The van der Waals surface area contributed by atoms with E-state index in [-0.39, 0.29) is 6.04 Å². The number of ether oxygens (including phenoxy) is 1. The van der Waals surface area contributed by atoms with Crippen LogP contribution in [0.1, 0.15) is 37.6 Å². The van der Waals surface area contributed by atoms with Crippen LogP contribution in [0.25, 0.3) is 0 Å². The maximum atomic E-state index is 5.77. The normalized spacial score (nSPS) is 12.4. The highest BCUT2D eigenvalue weighted by Crippen LogP contribution is 2.33. The summed E-state index contributed by atoms with van der Waals surface area (Å²) < 4.78 is 8.84. The minimum Gasteiger partial charge on any atom is -0.494 e. The molecule has 1 heterocycles. The predicted molar refractivity (Wildman–Crippen MR) is 88.7 cm³/mol. The highest BCUT2D eigenvalue weighted by Gasteiger charge is 2.23. The Morgan fingerprint density at radius 2 is 2.10 bits per heavy atom. The van der Waals surface area contributed by atoms with E-state index >= 15 is 0 Å². The second-order valence-electron chi connectivity index (χ2n) is 4.79. The number of nitrogens with one attached hydrogen (secondary N) is 1. The first-order valence-corrected chi connectivity index (χ1v) is 8.12. The number of rotatable bonds is 7. The molecule has 114 valence electrons. The monoisotopic (exact) mass is 351 g/mol. The van der Waals surface area contributed by atoms with Gasteiger partial charge in [-0.25, -0.2) is 0 Å². The number of halogens is 1. The van der Waals surface area contributed by atoms with Gasteiger partial charge < -0.3 is 10.1 Å². The van der Waals surface area contributed by atoms with Crippen LogP contribution in [0, 0.1) is 0 Å². The minimum atomic E-state index is 0.0381. The summed E-state index contributed by atoms with van der Waals surface area (Å²) in [4.78, 5) is 0. The van der Waals surface area contributed by atoms with Crippen LogP contribution in [0.3, 0.4) is 0 Å². The lowest BCUT2D eigenvalue weighted by Crippen LogP contribution is -2.23. The zero-order valence-electron chi connectivity index (χ0n) is 12.8. The van der Waals surface area contributed by atoms with Crippen LogP contribution in [0.5, 0.6) is 5.75 Å². The Kier molecular flexibility index (Phi) is 5.82. The van der Waals surface area contributed by atoms with Crippen molar-refractivity contribution in [2.24, 2.45) is 0 Å². The SMILES string of the molecule is CCCn1ncc(Br)c1C(NC)c1ccccc1OCC. The molecule has 0 fully saturated rings. The molecular formula is C16H22BrN3O. The number of aryl methyl sites for hydroxylation is 1. The number of hydrogen-bond acceptors (Lipinski definition) is 3. The Bertz CT molecular complexity index is 583. The molecular weight excluding hydrogens is 330 g/mol. The van der Waals surface area contributed by atoms with Crippen molar-refractivity contribution in [2.75, 3.05) is 13.7 Å². The van der Waals surface area contributed by atoms with Crippen LogP contribution < -0.4 is 10.1 Å². The molecule has 0 spiro atoms. The van der Waals surface area contributed by atoms with Crippen molar-refractivity contribution in [2.45, 2.75) is 32.9 Å². The Morgan fingerprint density at radius 1 is 1.33 bits per heavy atom. The van der Waals surface area contributed by atoms with Crippen molar-refractivity contribution in [3.8, 4) is 5.75 Å². The molecule has 1 N–H and O–H groups in total. The van der Waals surface area contributed by atoms with Gasteiger partial charge in [0.25, 0.3) is 0 Å². The molecule has 1 aromatic carbocycles. The first kappa shape index (κ1) is 16.0. The van der Waals surface area contributed by atoms with E-state index < -0.39 is 0 Å². The molecule has 5 heteroatoms. The fraction of sp³-hybridized carbons (Fsp3) is 0.438. The van der Waals surface area contributed by atoms with Gasteiger partial charge in [0.1, 0.15) is 5.75 Å². The number of nitrogens with zero attached hydrogens (tertiary/aromatic N) is 2. The first-order chi connectivity index (χ1) is 10.2. The van der Waals surface area contributed by atoms with Crippen molar-refractivity contribution in [1.82, 2.24) is 15.1 Å². The molecule has 1 atom stereocenters. The lowest BCUT2D eigenvalue weighted by molar-refractivity contribution is 0.333. The van der Waals surface area contributed by atoms with Gasteiger partial charge in [-0.3, -0.25) is 4.68 Å². The minimum absolute atomic E-state index is 0.0381. The fourth-order valence-electron chi connectivity index (χ4n) is 2.49. The van der Waals surface area contributed by atoms with E-state index in [2.05, 4.69) is 39.3 Å². The van der Waals surface area contributed by atoms with Crippen molar-refractivity contribution in [1.29, 1.82) is 0 Å². The fourth-order valence-corrected chi connectivity index (χ4v) is 3.02. The largest absolute Gasteiger partial charge is 0.494 e. The van der Waals surface area contributed by atoms with E-state index in [1.165, 1.54) is 0 Å². The van der Waals surface area contributed by atoms with Gasteiger partial charge in [-0.1, -0.05) is 25.1 Å². The number of hydrogen-bond donors (Lipinski definition) is 1. The third kappa shape index (κ3) is 3.47. The molecule has 1 unspecified atom stereocenters. The maximum Gasteiger partial charge on any atom is 0.124 e. The van der Waals surface area contributed by atoms with Crippen molar-refractivity contribution < 1.29 is 4.74 Å². The predicted octanol–water partition coefficient (Wildman–Crippen LogP) is 3.76. The Hall–Kier alpha value is -1.33. The van der Waals surface area contributed by atoms with Crippen LogP contribution in [0.4, 0.5) is 0 Å². The smallest absolute Gasteiger partial charge is 0.124 e. The molecule has 21 heavy (non-hydrogen) atoms. The van der Waals surface area contributed by atoms with Gasteiger partial charge in [0, 0.05) is 12.1 Å². The molecule has 1 aromatic heterocycles. The summed E-state index contributed by atoms with van der Waals surface area (Å²) in [7, 11) is 1.96. The molecule has 0 saturated heterocycles. The molecule has 0 amide bonds. The standard InChI is InChI=1S/C16H22BrN3O/c1-4-10-20-16(13(17)11-19-20)15(18-3)12-8-6-7-9-14(12)21-5-2/h6-9,11,15,18H,4-5,10H2,1-3H3. The third-order valence-corrected chi connectivity index (χ3v) is 3.97. The van der Waals surface area contributed by atoms with Gasteiger partial charge in [-0.2, -0.15) is 5.10 Å². The summed E-state index contributed by atoms with van der Waals surface area (Å²) in [5.74, 6) is 0.912. The van der Waals surface area contributed by atoms with Gasteiger partial charge in [0.15, 0.2) is 0 Å². The molecule has 0 aliphatic heterocycles. The summed E-state index contributed by atoms with van der Waals surface area (Å²) in [5, 5.41) is 7.85. The van der Waals surface area contributed by atoms with E-state index in [0.29, 0.717) is 6.61 Å². The molecule has 0 aliphatic carbocycles. The molecule has 2 aromatic rings. The summed E-state index contributed by atoms with van der Waals surface area (Å²) >= 11 is 3.63. The maximum absolute atomic E-state index is 5.77. The van der Waals surface area contributed by atoms with Crippen molar-refractivity contribution in [3.63, 3.8) is 0 Å². The molecule has 0 saturated carbocycles. The number of aromatic nitrogens is 2. The summed E-state index contributed by atoms with van der Waals surface area (Å²) in [6, 6.07) is 8.19. The second kappa shape index (κ2) is 7.61. The van der Waals surface area contributed by atoms with E-state index in [9.17, 15) is 0 Å². The Labute approximate surface area is 134 Å². The number of para-hydroxylation sites is 1. The van der Waals surface area contributed by atoms with Crippen LogP contribution >= 0.6 is 15.9 Å². The molecule has 2 rings (SSSR count). The molecule has 0 aliphatic rings. The molecule has 0 bridgehead atoms. The lowest BCUT2D eigenvalue weighted by atomic mass is 10.0. The second-order valence-corrected chi connectivity index (χ2v) is 5.65. The number of benzene rings is 1. The van der Waals surface area contributed by atoms with Gasteiger partial charge >= 0.3 is 0 Å². The molecule has 0 radical (unpaired) electrons. The summed E-state index contributed by atoms with van der Waals surface area (Å²) in [5.41, 5.74) is 2.26. The van der Waals surface area contributed by atoms with E-state index in [4.69, 9.17) is 4.74 Å². The van der Waals surface area contributed by atoms with Gasteiger partial charge in [0.05, 0.1) is 29.0 Å². The summed E-state index contributed by atoms with van der Waals surface area (Å²) in [6.07, 6.45) is 2.91. The third-order valence-electron chi connectivity index (χ3n) is 3.36. The average molecular weight is 352 g/mol. The zero-order valence-corrected chi connectivity index (χ0v) is 14.4. The van der Waals surface area contributed by atoms with Crippen LogP contribution in [0.15, 0.2) is 34.9 Å². The quantitative estimate of drug-likeness (QED) is 0.825. The first-order valence-electron chi connectivity index (χ1n) is 7.33. The molecule has 4 nitrogen and oxygen atoms in total. The van der Waals surface area contributed by atoms with Gasteiger partial charge in [0.2, 0.25) is 0 Å². The van der Waals surface area contributed by atoms with Gasteiger partial charge in [-0.15, -0.1) is 0 Å². The van der Waals surface area contributed by atoms with Crippen molar-refractivity contribution in [3.05, 3.63) is 46.2 Å². The highest BCUT2D eigenvalue weighted by molar-refractivity contribution is 9.10. The topological polar surface area (TPSA) is 39.1 Å². The zero-order chi connectivity index (χ0) is 15.2.